The number of aliphatic hydroxyl groups is 1. The Morgan fingerprint density at radius 2 is 2.06 bits per heavy atom. The van der Waals surface area contributed by atoms with Crippen LogP contribution in [0.5, 0.6) is 0 Å². The number of amides is 1. The highest BCUT2D eigenvalue weighted by molar-refractivity contribution is 7.80. The van der Waals surface area contributed by atoms with Crippen LogP contribution in [0, 0.1) is 5.92 Å². The second-order valence-electron chi connectivity index (χ2n) is 4.91. The molecule has 2 atom stereocenters. The zero-order valence-corrected chi connectivity index (χ0v) is 11.2. The first-order valence-electron chi connectivity index (χ1n) is 6.38. The van der Waals surface area contributed by atoms with Crippen molar-refractivity contribution in [3.05, 3.63) is 29.8 Å². The molecular weight excluding hydrogens is 246 g/mol. The molecule has 2 N–H and O–H groups in total. The first-order valence-corrected chi connectivity index (χ1v) is 6.82. The van der Waals surface area contributed by atoms with Gasteiger partial charge in [-0.1, -0.05) is 18.6 Å². The molecule has 0 heterocycles. The summed E-state index contributed by atoms with van der Waals surface area (Å²) in [5.74, 6) is 0.245. The maximum absolute atomic E-state index is 11.7. The van der Waals surface area contributed by atoms with Gasteiger partial charge in [0.15, 0.2) is 0 Å². The summed E-state index contributed by atoms with van der Waals surface area (Å²) in [6.45, 7) is 0.588. The molecule has 0 aliphatic heterocycles. The first-order chi connectivity index (χ1) is 8.65. The van der Waals surface area contributed by atoms with Gasteiger partial charge in [0.2, 0.25) is 5.91 Å². The lowest BCUT2D eigenvalue weighted by atomic mass is 10.1. The van der Waals surface area contributed by atoms with E-state index >= 15 is 0 Å². The minimum atomic E-state index is -0.242. The minimum absolute atomic E-state index is 0.0148. The topological polar surface area (TPSA) is 49.3 Å². The largest absolute Gasteiger partial charge is 0.393 e. The van der Waals surface area contributed by atoms with Crippen LogP contribution >= 0.6 is 12.6 Å². The Kier molecular flexibility index (Phi) is 4.66. The zero-order chi connectivity index (χ0) is 13.0. The Morgan fingerprint density at radius 1 is 1.33 bits per heavy atom. The van der Waals surface area contributed by atoms with Crippen LogP contribution in [-0.2, 0) is 11.2 Å². The average Bonchev–Trinajstić information content (AvgIpc) is 2.75. The van der Waals surface area contributed by atoms with E-state index in [4.69, 9.17) is 0 Å². The predicted molar refractivity (Wildman–Crippen MR) is 73.8 cm³/mol. The van der Waals surface area contributed by atoms with Crippen LogP contribution in [0.2, 0.25) is 0 Å². The van der Waals surface area contributed by atoms with Gasteiger partial charge in [-0.25, -0.2) is 0 Å². The molecular formula is C14H19NO2S. The summed E-state index contributed by atoms with van der Waals surface area (Å²) >= 11 is 4.20. The van der Waals surface area contributed by atoms with Crippen molar-refractivity contribution in [2.24, 2.45) is 5.92 Å². The van der Waals surface area contributed by atoms with Gasteiger partial charge in [-0.05, 0) is 30.5 Å². The van der Waals surface area contributed by atoms with Gasteiger partial charge in [0, 0.05) is 17.4 Å². The molecule has 0 spiro atoms. The normalized spacial score (nSPS) is 23.0. The Balaban J connectivity index is 1.76. The van der Waals surface area contributed by atoms with Crippen LogP contribution in [0.3, 0.4) is 0 Å². The summed E-state index contributed by atoms with van der Waals surface area (Å²) in [5, 5.41) is 12.6. The molecule has 1 aliphatic carbocycles. The van der Waals surface area contributed by atoms with E-state index < -0.39 is 0 Å². The third-order valence-corrected chi connectivity index (χ3v) is 3.78. The number of rotatable bonds is 4. The van der Waals surface area contributed by atoms with Crippen LogP contribution in [0.1, 0.15) is 24.8 Å². The number of carbonyl (C=O) groups is 1. The lowest BCUT2D eigenvalue weighted by Crippen LogP contribution is -2.33. The number of benzene rings is 1. The first kappa shape index (κ1) is 13.4. The number of carbonyl (C=O) groups excluding carboxylic acids is 1. The van der Waals surface area contributed by atoms with Crippen LogP contribution < -0.4 is 5.32 Å². The molecule has 1 fully saturated rings. The molecule has 2 unspecified atom stereocenters. The molecule has 1 aromatic carbocycles. The van der Waals surface area contributed by atoms with Crippen molar-refractivity contribution in [3.8, 4) is 0 Å². The molecule has 0 saturated heterocycles. The summed E-state index contributed by atoms with van der Waals surface area (Å²) in [7, 11) is 0. The van der Waals surface area contributed by atoms with E-state index in [0.29, 0.717) is 13.0 Å². The third-order valence-electron chi connectivity index (χ3n) is 3.48. The van der Waals surface area contributed by atoms with Crippen molar-refractivity contribution in [2.45, 2.75) is 36.7 Å². The van der Waals surface area contributed by atoms with Gasteiger partial charge in [0.1, 0.15) is 0 Å². The van der Waals surface area contributed by atoms with Gasteiger partial charge in [0.05, 0.1) is 12.5 Å². The fraction of sp³-hybridized carbons (Fsp3) is 0.500. The zero-order valence-electron chi connectivity index (χ0n) is 10.3. The van der Waals surface area contributed by atoms with E-state index in [9.17, 15) is 9.90 Å². The van der Waals surface area contributed by atoms with E-state index in [1.54, 1.807) is 0 Å². The SMILES string of the molecule is O=C(Cc1ccc(S)cc1)NCC1CCCC1O. The smallest absolute Gasteiger partial charge is 0.224 e. The highest BCUT2D eigenvalue weighted by Crippen LogP contribution is 2.24. The summed E-state index contributed by atoms with van der Waals surface area (Å²) in [5.41, 5.74) is 0.984. The van der Waals surface area contributed by atoms with Crippen LogP contribution in [-0.4, -0.2) is 23.7 Å². The fourth-order valence-electron chi connectivity index (χ4n) is 2.36. The van der Waals surface area contributed by atoms with Gasteiger partial charge in [-0.2, -0.15) is 0 Å². The molecule has 1 amide bonds. The third kappa shape index (κ3) is 3.75. The monoisotopic (exact) mass is 265 g/mol. The Labute approximate surface area is 113 Å². The molecule has 0 radical (unpaired) electrons. The lowest BCUT2D eigenvalue weighted by Gasteiger charge is -2.15. The van der Waals surface area contributed by atoms with E-state index in [0.717, 1.165) is 29.7 Å². The highest BCUT2D eigenvalue weighted by Gasteiger charge is 2.25. The number of hydrogen-bond acceptors (Lipinski definition) is 3. The van der Waals surface area contributed by atoms with Crippen molar-refractivity contribution in [1.82, 2.24) is 5.32 Å². The molecule has 3 nitrogen and oxygen atoms in total. The summed E-state index contributed by atoms with van der Waals surface area (Å²) in [4.78, 5) is 12.6. The van der Waals surface area contributed by atoms with E-state index in [1.165, 1.54) is 0 Å². The molecule has 1 saturated carbocycles. The quantitative estimate of drug-likeness (QED) is 0.727. The van der Waals surface area contributed by atoms with Crippen molar-refractivity contribution in [1.29, 1.82) is 0 Å². The summed E-state index contributed by atoms with van der Waals surface area (Å²) < 4.78 is 0. The second kappa shape index (κ2) is 6.25. The van der Waals surface area contributed by atoms with Crippen molar-refractivity contribution in [3.63, 3.8) is 0 Å². The maximum Gasteiger partial charge on any atom is 0.224 e. The van der Waals surface area contributed by atoms with E-state index in [1.807, 2.05) is 24.3 Å². The molecule has 18 heavy (non-hydrogen) atoms. The number of aliphatic hydroxyl groups excluding tert-OH is 1. The Bertz CT molecular complexity index is 405. The highest BCUT2D eigenvalue weighted by atomic mass is 32.1. The van der Waals surface area contributed by atoms with Crippen LogP contribution in [0.15, 0.2) is 29.2 Å². The predicted octanol–water partition coefficient (Wildman–Crippen LogP) is 1.79. The van der Waals surface area contributed by atoms with Gasteiger partial charge in [-0.15, -0.1) is 12.6 Å². The van der Waals surface area contributed by atoms with Crippen LogP contribution in [0.4, 0.5) is 0 Å². The molecule has 0 aromatic heterocycles. The minimum Gasteiger partial charge on any atom is -0.393 e. The second-order valence-corrected chi connectivity index (χ2v) is 5.42. The molecule has 0 bridgehead atoms. The van der Waals surface area contributed by atoms with Crippen molar-refractivity contribution in [2.75, 3.05) is 6.54 Å². The van der Waals surface area contributed by atoms with Gasteiger partial charge < -0.3 is 10.4 Å². The Hall–Kier alpha value is -1.00. The molecule has 1 aromatic rings. The summed E-state index contributed by atoms with van der Waals surface area (Å²) in [6.07, 6.45) is 3.08. The molecule has 4 heteroatoms. The van der Waals surface area contributed by atoms with Gasteiger partial charge >= 0.3 is 0 Å². The van der Waals surface area contributed by atoms with Crippen LogP contribution in [0.25, 0.3) is 0 Å². The molecule has 1 aliphatic rings. The average molecular weight is 265 g/mol. The van der Waals surface area contributed by atoms with Crippen molar-refractivity contribution < 1.29 is 9.90 Å². The maximum atomic E-state index is 11.7. The van der Waals surface area contributed by atoms with E-state index in [-0.39, 0.29) is 17.9 Å². The van der Waals surface area contributed by atoms with E-state index in [2.05, 4.69) is 17.9 Å². The standard InChI is InChI=1S/C14H19NO2S/c16-13-3-1-2-11(13)9-15-14(17)8-10-4-6-12(18)7-5-10/h4-7,11,13,16,18H,1-3,8-9H2,(H,15,17). The molecule has 98 valence electrons. The van der Waals surface area contributed by atoms with Gasteiger partial charge in [0.25, 0.3) is 0 Å². The summed E-state index contributed by atoms with van der Waals surface area (Å²) in [6, 6.07) is 7.58. The lowest BCUT2D eigenvalue weighted by molar-refractivity contribution is -0.120. The van der Waals surface area contributed by atoms with Crippen molar-refractivity contribution >= 4 is 18.5 Å². The number of thiol groups is 1. The van der Waals surface area contributed by atoms with Gasteiger partial charge in [-0.3, -0.25) is 4.79 Å². The number of nitrogens with one attached hydrogen (secondary N) is 1. The Morgan fingerprint density at radius 3 is 2.67 bits per heavy atom. The molecule has 2 rings (SSSR count). The fourth-order valence-corrected chi connectivity index (χ4v) is 2.51. The number of hydrogen-bond donors (Lipinski definition) is 3.